The molecule has 1 fully saturated rings. The molecule has 1 N–H and O–H groups in total. The Hall–Kier alpha value is -0.480. The van der Waals surface area contributed by atoms with Gasteiger partial charge in [0.2, 0.25) is 0 Å². The van der Waals surface area contributed by atoms with Crippen molar-refractivity contribution in [2.24, 2.45) is 0 Å². The summed E-state index contributed by atoms with van der Waals surface area (Å²) < 4.78 is 11.4. The summed E-state index contributed by atoms with van der Waals surface area (Å²) in [5, 5.41) is 4.57. The standard InChI is InChI=1S/C15H21Cl2NO2/c1-10(2)20-15-11(6-12(16)7-14(15)17)8-18-9-13-4-3-5-19-13/h6-7,10,13,18H,3-5,8-9H2,1-2H3/t13-/m0/s1. The maximum Gasteiger partial charge on any atom is 0.142 e. The molecule has 1 saturated heterocycles. The highest BCUT2D eigenvalue weighted by Gasteiger charge is 2.16. The van der Waals surface area contributed by atoms with Crippen LogP contribution in [0, 0.1) is 0 Å². The van der Waals surface area contributed by atoms with Crippen LogP contribution in [0.3, 0.4) is 0 Å². The van der Waals surface area contributed by atoms with Gasteiger partial charge in [-0.25, -0.2) is 0 Å². The number of ether oxygens (including phenoxy) is 2. The van der Waals surface area contributed by atoms with Crippen LogP contribution in [0.1, 0.15) is 32.3 Å². The van der Waals surface area contributed by atoms with E-state index in [1.807, 2.05) is 19.9 Å². The second-order valence-corrected chi connectivity index (χ2v) is 6.15. The van der Waals surface area contributed by atoms with Gasteiger partial charge in [-0.2, -0.15) is 0 Å². The first-order chi connectivity index (χ1) is 9.56. The van der Waals surface area contributed by atoms with Gasteiger partial charge >= 0.3 is 0 Å². The van der Waals surface area contributed by atoms with Crippen molar-refractivity contribution >= 4 is 23.2 Å². The van der Waals surface area contributed by atoms with Crippen molar-refractivity contribution in [2.75, 3.05) is 13.2 Å². The highest BCUT2D eigenvalue weighted by atomic mass is 35.5. The van der Waals surface area contributed by atoms with Gasteiger partial charge in [0.1, 0.15) is 5.75 Å². The Morgan fingerprint density at radius 1 is 1.40 bits per heavy atom. The van der Waals surface area contributed by atoms with Gasteiger partial charge in [-0.15, -0.1) is 0 Å². The van der Waals surface area contributed by atoms with Crippen LogP contribution in [0.15, 0.2) is 12.1 Å². The van der Waals surface area contributed by atoms with Crippen LogP contribution in [0.25, 0.3) is 0 Å². The monoisotopic (exact) mass is 317 g/mol. The number of rotatable bonds is 6. The first-order valence-electron chi connectivity index (χ1n) is 7.03. The van der Waals surface area contributed by atoms with Gasteiger partial charge in [-0.1, -0.05) is 23.2 Å². The van der Waals surface area contributed by atoms with Crippen LogP contribution in [0.4, 0.5) is 0 Å². The van der Waals surface area contributed by atoms with E-state index in [0.717, 1.165) is 31.6 Å². The van der Waals surface area contributed by atoms with Crippen LogP contribution in [-0.2, 0) is 11.3 Å². The Morgan fingerprint density at radius 2 is 2.20 bits per heavy atom. The third-order valence-electron chi connectivity index (χ3n) is 3.15. The Balaban J connectivity index is 2.00. The fraction of sp³-hybridized carbons (Fsp3) is 0.600. The molecular formula is C15H21Cl2NO2. The maximum absolute atomic E-state index is 6.22. The smallest absolute Gasteiger partial charge is 0.142 e. The van der Waals surface area contributed by atoms with Crippen molar-refractivity contribution in [2.45, 2.75) is 45.4 Å². The average molecular weight is 318 g/mol. The van der Waals surface area contributed by atoms with Crippen molar-refractivity contribution in [1.82, 2.24) is 5.32 Å². The minimum atomic E-state index is 0.0746. The molecule has 0 saturated carbocycles. The summed E-state index contributed by atoms with van der Waals surface area (Å²) in [6.45, 7) is 6.34. The minimum Gasteiger partial charge on any atom is -0.489 e. The largest absolute Gasteiger partial charge is 0.489 e. The Morgan fingerprint density at radius 3 is 2.85 bits per heavy atom. The molecule has 0 aliphatic carbocycles. The molecule has 3 nitrogen and oxygen atoms in total. The third-order valence-corrected chi connectivity index (χ3v) is 3.65. The van der Waals surface area contributed by atoms with Crippen LogP contribution < -0.4 is 10.1 Å². The SMILES string of the molecule is CC(C)Oc1c(Cl)cc(Cl)cc1CNC[C@@H]1CCCO1. The molecule has 0 unspecified atom stereocenters. The summed E-state index contributed by atoms with van der Waals surface area (Å²) in [4.78, 5) is 0. The lowest BCUT2D eigenvalue weighted by molar-refractivity contribution is 0.110. The lowest BCUT2D eigenvalue weighted by Crippen LogP contribution is -2.26. The van der Waals surface area contributed by atoms with Crippen LogP contribution in [0.5, 0.6) is 5.75 Å². The van der Waals surface area contributed by atoms with E-state index >= 15 is 0 Å². The average Bonchev–Trinajstić information content (AvgIpc) is 2.86. The van der Waals surface area contributed by atoms with Gasteiger partial charge in [-0.05, 0) is 38.8 Å². The summed E-state index contributed by atoms with van der Waals surface area (Å²) in [6.07, 6.45) is 2.67. The van der Waals surface area contributed by atoms with Crippen molar-refractivity contribution in [3.8, 4) is 5.75 Å². The van der Waals surface area contributed by atoms with Crippen LogP contribution >= 0.6 is 23.2 Å². The third kappa shape index (κ3) is 4.52. The van der Waals surface area contributed by atoms with E-state index in [1.54, 1.807) is 6.07 Å². The summed E-state index contributed by atoms with van der Waals surface area (Å²) in [6, 6.07) is 3.61. The van der Waals surface area contributed by atoms with Crippen LogP contribution in [-0.4, -0.2) is 25.4 Å². The number of nitrogens with one attached hydrogen (secondary N) is 1. The van der Waals surface area contributed by atoms with Crippen molar-refractivity contribution in [3.05, 3.63) is 27.7 Å². The first kappa shape index (κ1) is 15.9. The molecule has 112 valence electrons. The zero-order valence-corrected chi connectivity index (χ0v) is 13.4. The van der Waals surface area contributed by atoms with E-state index in [-0.39, 0.29) is 6.10 Å². The molecule has 1 atom stereocenters. The zero-order valence-electron chi connectivity index (χ0n) is 11.9. The molecule has 2 rings (SSSR count). The molecule has 0 radical (unpaired) electrons. The molecule has 0 aromatic heterocycles. The van der Waals surface area contributed by atoms with E-state index in [1.165, 1.54) is 0 Å². The predicted molar refractivity (Wildman–Crippen MR) is 82.9 cm³/mol. The second kappa shape index (κ2) is 7.51. The Labute approximate surface area is 130 Å². The number of halogens is 2. The molecule has 1 aromatic carbocycles. The van der Waals surface area contributed by atoms with Gasteiger partial charge in [0.05, 0.1) is 17.2 Å². The fourth-order valence-corrected chi connectivity index (χ4v) is 2.87. The van der Waals surface area contributed by atoms with E-state index in [4.69, 9.17) is 32.7 Å². The van der Waals surface area contributed by atoms with Crippen molar-refractivity contribution in [1.29, 1.82) is 0 Å². The summed E-state index contributed by atoms with van der Waals surface area (Å²) in [5.41, 5.74) is 0.981. The lowest BCUT2D eigenvalue weighted by atomic mass is 10.2. The number of hydrogen-bond acceptors (Lipinski definition) is 3. The fourth-order valence-electron chi connectivity index (χ4n) is 2.29. The Bertz CT molecular complexity index is 446. The number of hydrogen-bond donors (Lipinski definition) is 1. The summed E-state index contributed by atoms with van der Waals surface area (Å²) in [7, 11) is 0. The molecule has 0 bridgehead atoms. The van der Waals surface area contributed by atoms with Gasteiger partial charge in [-0.3, -0.25) is 0 Å². The second-order valence-electron chi connectivity index (χ2n) is 5.31. The Kier molecular flexibility index (Phi) is 5.97. The van der Waals surface area contributed by atoms with Crippen molar-refractivity contribution < 1.29 is 9.47 Å². The van der Waals surface area contributed by atoms with Gasteiger partial charge in [0, 0.05) is 30.3 Å². The summed E-state index contributed by atoms with van der Waals surface area (Å²) in [5.74, 6) is 0.714. The number of benzene rings is 1. The maximum atomic E-state index is 6.22. The van der Waals surface area contributed by atoms with E-state index in [0.29, 0.717) is 28.4 Å². The molecule has 1 aromatic rings. The quantitative estimate of drug-likeness (QED) is 0.858. The molecule has 1 aliphatic heterocycles. The van der Waals surface area contributed by atoms with E-state index in [9.17, 15) is 0 Å². The molecule has 20 heavy (non-hydrogen) atoms. The minimum absolute atomic E-state index is 0.0746. The first-order valence-corrected chi connectivity index (χ1v) is 7.78. The van der Waals surface area contributed by atoms with E-state index in [2.05, 4.69) is 5.32 Å². The van der Waals surface area contributed by atoms with Crippen molar-refractivity contribution in [3.63, 3.8) is 0 Å². The predicted octanol–water partition coefficient (Wildman–Crippen LogP) is 4.05. The normalized spacial score (nSPS) is 18.8. The lowest BCUT2D eigenvalue weighted by Gasteiger charge is -2.17. The highest BCUT2D eigenvalue weighted by molar-refractivity contribution is 6.35. The highest BCUT2D eigenvalue weighted by Crippen LogP contribution is 2.33. The molecule has 1 heterocycles. The zero-order chi connectivity index (χ0) is 14.5. The van der Waals surface area contributed by atoms with Gasteiger partial charge in [0.15, 0.2) is 0 Å². The molecule has 0 amide bonds. The molecule has 0 spiro atoms. The van der Waals surface area contributed by atoms with Gasteiger partial charge in [0.25, 0.3) is 0 Å². The summed E-state index contributed by atoms with van der Waals surface area (Å²) >= 11 is 12.3. The van der Waals surface area contributed by atoms with E-state index < -0.39 is 0 Å². The molecular weight excluding hydrogens is 297 g/mol. The molecule has 5 heteroatoms. The van der Waals surface area contributed by atoms with Crippen LogP contribution in [0.2, 0.25) is 10.0 Å². The van der Waals surface area contributed by atoms with Gasteiger partial charge < -0.3 is 14.8 Å². The topological polar surface area (TPSA) is 30.5 Å². The molecule has 1 aliphatic rings.